The van der Waals surface area contributed by atoms with Gasteiger partial charge < -0.3 is 9.64 Å². The zero-order chi connectivity index (χ0) is 21.2. The van der Waals surface area contributed by atoms with Gasteiger partial charge in [-0.15, -0.1) is 0 Å². The average molecular weight is 430 g/mol. The highest BCUT2D eigenvalue weighted by atomic mass is 32.2. The number of anilines is 1. The Kier molecular flexibility index (Phi) is 5.99. The van der Waals surface area contributed by atoms with Crippen molar-refractivity contribution in [3.8, 4) is 5.75 Å². The minimum absolute atomic E-state index is 0.0350. The van der Waals surface area contributed by atoms with E-state index in [4.69, 9.17) is 9.94 Å². The molecule has 1 amide bonds. The third kappa shape index (κ3) is 4.80. The van der Waals surface area contributed by atoms with E-state index >= 15 is 0 Å². The van der Waals surface area contributed by atoms with Crippen LogP contribution in [0.15, 0.2) is 36.4 Å². The molecule has 156 valence electrons. The number of thiol groups is 1. The lowest BCUT2D eigenvalue weighted by Crippen LogP contribution is -2.33. The molecule has 2 N–H and O–H groups in total. The molecule has 0 spiro atoms. The van der Waals surface area contributed by atoms with Gasteiger partial charge in [0.2, 0.25) is 0 Å². The highest BCUT2D eigenvalue weighted by Gasteiger charge is 2.34. The molecule has 1 aliphatic rings. The van der Waals surface area contributed by atoms with Gasteiger partial charge in [0.25, 0.3) is 5.91 Å². The van der Waals surface area contributed by atoms with E-state index in [9.17, 15) is 26.4 Å². The molecule has 0 saturated carbocycles. The van der Waals surface area contributed by atoms with Gasteiger partial charge >= 0.3 is 6.18 Å². The molecule has 1 aliphatic heterocycles. The van der Waals surface area contributed by atoms with Gasteiger partial charge in [-0.2, -0.15) is 13.2 Å². The summed E-state index contributed by atoms with van der Waals surface area (Å²) in [5, 5.41) is 8.80. The van der Waals surface area contributed by atoms with Crippen molar-refractivity contribution in [2.24, 2.45) is 0 Å². The number of hydrogen-bond acceptors (Lipinski definition) is 6. The second kappa shape index (κ2) is 8.29. The lowest BCUT2D eigenvalue weighted by Gasteiger charge is -2.32. The number of alkyl halides is 3. The molecule has 1 heterocycles. The summed E-state index contributed by atoms with van der Waals surface area (Å²) < 4.78 is 67.9. The average Bonchev–Trinajstić information content (AvgIpc) is 2.67. The summed E-state index contributed by atoms with van der Waals surface area (Å²) in [6.07, 6.45) is -4.66. The first-order valence-corrected chi connectivity index (χ1v) is 9.82. The number of halogens is 3. The van der Waals surface area contributed by atoms with Crippen molar-refractivity contribution in [2.75, 3.05) is 18.1 Å². The molecule has 0 aliphatic carbocycles. The van der Waals surface area contributed by atoms with E-state index in [1.165, 1.54) is 35.8 Å². The molecule has 0 saturated heterocycles. The second-order valence-corrected chi connectivity index (χ2v) is 7.36. The van der Waals surface area contributed by atoms with E-state index in [0.29, 0.717) is 11.4 Å². The summed E-state index contributed by atoms with van der Waals surface area (Å²) in [7, 11) is -2.85. The number of benzene rings is 2. The number of amides is 1. The van der Waals surface area contributed by atoms with Crippen LogP contribution in [0.1, 0.15) is 27.0 Å². The monoisotopic (exact) mass is 430 g/mol. The zero-order valence-electron chi connectivity index (χ0n) is 14.9. The Balaban J connectivity index is 1.98. The van der Waals surface area contributed by atoms with E-state index in [1.807, 2.05) is 0 Å². The van der Waals surface area contributed by atoms with Crippen LogP contribution < -0.4 is 15.1 Å². The lowest BCUT2D eigenvalue weighted by molar-refractivity contribution is -0.138. The van der Waals surface area contributed by atoms with Gasteiger partial charge in [-0.25, -0.2) is 13.9 Å². The summed E-state index contributed by atoms with van der Waals surface area (Å²) in [5.41, 5.74) is 1.15. The van der Waals surface area contributed by atoms with Crippen LogP contribution in [-0.2, 0) is 29.2 Å². The number of ether oxygens (including phenoxy) is 1. The van der Waals surface area contributed by atoms with Gasteiger partial charge in [-0.3, -0.25) is 10.0 Å². The van der Waals surface area contributed by atoms with E-state index < -0.39 is 34.1 Å². The van der Waals surface area contributed by atoms with Crippen molar-refractivity contribution < 1.29 is 36.3 Å². The van der Waals surface area contributed by atoms with Crippen molar-refractivity contribution in [2.45, 2.75) is 18.5 Å². The van der Waals surface area contributed by atoms with Crippen molar-refractivity contribution in [1.82, 2.24) is 5.48 Å². The smallest absolute Gasteiger partial charge is 0.416 e. The summed E-state index contributed by atoms with van der Waals surface area (Å²) in [6, 6.07) is 7.81. The molecule has 0 unspecified atom stereocenters. The lowest BCUT2D eigenvalue weighted by atomic mass is 10.0. The standard InChI is InChI=1S/C18H17F3N2O5S/c19-18(20,21)14-7-11(10-29(26)27)1-2-13(14)9-23-5-6-28-16-4-3-12(8-15(16)23)17(24)22-25/h1-4,7-8,25,29H,5-6,9-10H2,(H,22,24). The van der Waals surface area contributed by atoms with Crippen LogP contribution in [0.3, 0.4) is 0 Å². The topological polar surface area (TPSA) is 95.9 Å². The van der Waals surface area contributed by atoms with Crippen molar-refractivity contribution in [3.05, 3.63) is 58.7 Å². The third-order valence-corrected chi connectivity index (χ3v) is 5.06. The number of rotatable bonds is 5. The number of hydrogen-bond donors (Lipinski definition) is 3. The molecule has 3 rings (SSSR count). The van der Waals surface area contributed by atoms with Crippen LogP contribution in [0.2, 0.25) is 0 Å². The molecule has 2 aromatic carbocycles. The van der Waals surface area contributed by atoms with Gasteiger partial charge in [-0.1, -0.05) is 12.1 Å². The fourth-order valence-corrected chi connectivity index (χ4v) is 3.62. The maximum absolute atomic E-state index is 13.6. The first-order valence-electron chi connectivity index (χ1n) is 8.46. The van der Waals surface area contributed by atoms with Gasteiger partial charge in [0.15, 0.2) is 0 Å². The minimum atomic E-state index is -4.66. The van der Waals surface area contributed by atoms with Gasteiger partial charge in [0, 0.05) is 12.1 Å². The fraction of sp³-hybridized carbons (Fsp3) is 0.278. The van der Waals surface area contributed by atoms with Crippen LogP contribution in [0, 0.1) is 0 Å². The Morgan fingerprint density at radius 1 is 1.21 bits per heavy atom. The Labute approximate surface area is 165 Å². The van der Waals surface area contributed by atoms with Crippen molar-refractivity contribution in [1.29, 1.82) is 0 Å². The SMILES string of the molecule is O=C(NO)c1ccc2c(c1)N(Cc1ccc(C[SH](=O)=O)cc1C(F)(F)F)CCO2. The Hall–Kier alpha value is -2.79. The quantitative estimate of drug-likeness (QED) is 0.383. The van der Waals surface area contributed by atoms with Crippen LogP contribution in [-0.4, -0.2) is 32.7 Å². The summed E-state index contributed by atoms with van der Waals surface area (Å²) >= 11 is 0. The number of carbonyl (C=O) groups is 1. The maximum Gasteiger partial charge on any atom is 0.416 e. The molecular formula is C18H17F3N2O5S. The second-order valence-electron chi connectivity index (χ2n) is 6.37. The first-order chi connectivity index (χ1) is 13.7. The van der Waals surface area contributed by atoms with Gasteiger partial charge in [0.1, 0.15) is 23.1 Å². The molecule has 29 heavy (non-hydrogen) atoms. The Morgan fingerprint density at radius 2 is 1.97 bits per heavy atom. The molecule has 0 fully saturated rings. The Bertz CT molecular complexity index is 999. The number of hydroxylamine groups is 1. The molecule has 7 nitrogen and oxygen atoms in total. The molecule has 2 aromatic rings. The van der Waals surface area contributed by atoms with Crippen LogP contribution in [0.25, 0.3) is 0 Å². The number of fused-ring (bicyclic) bond motifs is 1. The van der Waals surface area contributed by atoms with E-state index in [0.717, 1.165) is 6.07 Å². The van der Waals surface area contributed by atoms with E-state index in [2.05, 4.69) is 0 Å². The van der Waals surface area contributed by atoms with Crippen molar-refractivity contribution >= 4 is 22.3 Å². The number of carbonyl (C=O) groups excluding carboxylic acids is 1. The normalized spacial score (nSPS) is 13.8. The zero-order valence-corrected chi connectivity index (χ0v) is 15.8. The summed E-state index contributed by atoms with van der Waals surface area (Å²) in [6.45, 7) is 0.399. The molecule has 0 bridgehead atoms. The highest BCUT2D eigenvalue weighted by Crippen LogP contribution is 2.37. The predicted molar refractivity (Wildman–Crippen MR) is 97.7 cm³/mol. The van der Waals surface area contributed by atoms with Crippen LogP contribution in [0.4, 0.5) is 18.9 Å². The van der Waals surface area contributed by atoms with E-state index in [1.54, 1.807) is 4.90 Å². The third-order valence-electron chi connectivity index (χ3n) is 4.43. The molecule has 11 heteroatoms. The van der Waals surface area contributed by atoms with E-state index in [-0.39, 0.29) is 36.4 Å². The van der Waals surface area contributed by atoms with Crippen LogP contribution in [0.5, 0.6) is 5.75 Å². The predicted octanol–water partition coefficient (Wildman–Crippen LogP) is 2.33. The number of nitrogens with one attached hydrogen (secondary N) is 1. The minimum Gasteiger partial charge on any atom is -0.490 e. The summed E-state index contributed by atoms with van der Waals surface area (Å²) in [4.78, 5) is 13.3. The molecular weight excluding hydrogens is 413 g/mol. The Morgan fingerprint density at radius 3 is 2.62 bits per heavy atom. The van der Waals surface area contributed by atoms with Crippen LogP contribution >= 0.6 is 0 Å². The highest BCUT2D eigenvalue weighted by molar-refractivity contribution is 7.71. The molecule has 0 aromatic heterocycles. The maximum atomic E-state index is 13.6. The van der Waals surface area contributed by atoms with Crippen molar-refractivity contribution in [3.63, 3.8) is 0 Å². The summed E-state index contributed by atoms with van der Waals surface area (Å²) in [5.74, 6) is -0.830. The molecule has 0 radical (unpaired) electrons. The van der Waals surface area contributed by atoms with Gasteiger partial charge in [-0.05, 0) is 35.4 Å². The number of nitrogens with zero attached hydrogens (tertiary/aromatic N) is 1. The fourth-order valence-electron chi connectivity index (χ4n) is 3.12. The largest absolute Gasteiger partial charge is 0.490 e. The first kappa shape index (κ1) is 20.9. The van der Waals surface area contributed by atoms with Gasteiger partial charge in [0.05, 0.1) is 23.5 Å². The molecule has 0 atom stereocenters.